The second kappa shape index (κ2) is 10.5. The number of aromatic nitrogens is 2. The predicted octanol–water partition coefficient (Wildman–Crippen LogP) is 4.41. The van der Waals surface area contributed by atoms with Gasteiger partial charge in [0.25, 0.3) is 0 Å². The van der Waals surface area contributed by atoms with Crippen molar-refractivity contribution in [2.45, 2.75) is 25.5 Å². The highest BCUT2D eigenvalue weighted by Gasteiger charge is 2.26. The van der Waals surface area contributed by atoms with E-state index in [0.717, 1.165) is 24.0 Å². The number of nitrogens with zero attached hydrogens (tertiary/aromatic N) is 2. The maximum Gasteiger partial charge on any atom is 0.340 e. The number of esters is 1. The molecule has 0 amide bonds. The van der Waals surface area contributed by atoms with Gasteiger partial charge in [-0.1, -0.05) is 42.5 Å². The molecule has 170 valence electrons. The summed E-state index contributed by atoms with van der Waals surface area (Å²) < 4.78 is 25.3. The van der Waals surface area contributed by atoms with Crippen LogP contribution in [-0.2, 0) is 16.1 Å². The van der Waals surface area contributed by atoms with Gasteiger partial charge in [0.1, 0.15) is 5.82 Å². The number of hydrogen-bond donors (Lipinski definition) is 1. The van der Waals surface area contributed by atoms with Crippen molar-refractivity contribution < 1.29 is 18.7 Å². The van der Waals surface area contributed by atoms with Crippen LogP contribution in [0.15, 0.2) is 67.0 Å². The van der Waals surface area contributed by atoms with Gasteiger partial charge in [-0.05, 0) is 36.1 Å². The second-order valence-corrected chi connectivity index (χ2v) is 8.00. The van der Waals surface area contributed by atoms with Crippen molar-refractivity contribution in [3.05, 3.63) is 89.6 Å². The van der Waals surface area contributed by atoms with Gasteiger partial charge in [-0.25, -0.2) is 9.18 Å². The summed E-state index contributed by atoms with van der Waals surface area (Å²) in [6.45, 7) is 1.03. The molecule has 3 aromatic rings. The molecule has 2 N–H and O–H groups in total. The fourth-order valence-corrected chi connectivity index (χ4v) is 4.04. The van der Waals surface area contributed by atoms with E-state index in [4.69, 9.17) is 10.5 Å². The summed E-state index contributed by atoms with van der Waals surface area (Å²) in [5.74, 6) is -1.31. The van der Waals surface area contributed by atoms with Crippen molar-refractivity contribution in [3.63, 3.8) is 0 Å². The van der Waals surface area contributed by atoms with Crippen LogP contribution in [0.4, 0.5) is 4.39 Å². The van der Waals surface area contributed by atoms with Crippen LogP contribution in [-0.4, -0.2) is 35.7 Å². The first-order valence-electron chi connectivity index (χ1n) is 10.9. The molecule has 0 bridgehead atoms. The van der Waals surface area contributed by atoms with Crippen LogP contribution in [0.1, 0.15) is 34.5 Å². The van der Waals surface area contributed by atoms with Crippen LogP contribution >= 0.6 is 0 Å². The molecule has 0 radical (unpaired) electrons. The van der Waals surface area contributed by atoms with E-state index in [2.05, 4.69) is 14.7 Å². The number of methoxy groups -OCH3 is 1. The molecule has 0 spiro atoms. The van der Waals surface area contributed by atoms with E-state index < -0.39 is 11.8 Å². The fourth-order valence-electron chi connectivity index (χ4n) is 4.04. The Labute approximate surface area is 192 Å². The summed E-state index contributed by atoms with van der Waals surface area (Å²) in [6.07, 6.45) is 6.89. The summed E-state index contributed by atoms with van der Waals surface area (Å²) in [7, 11) is 1.22. The van der Waals surface area contributed by atoms with Gasteiger partial charge in [0.2, 0.25) is 0 Å². The molecule has 7 heteroatoms. The van der Waals surface area contributed by atoms with E-state index in [1.54, 1.807) is 18.5 Å². The summed E-state index contributed by atoms with van der Waals surface area (Å²) in [6, 6.07) is 14.2. The number of benzene rings is 2. The van der Waals surface area contributed by atoms with Gasteiger partial charge in [-0.3, -0.25) is 9.97 Å². The maximum atomic E-state index is 14.6. The third-order valence-electron chi connectivity index (χ3n) is 5.73. The Kier molecular flexibility index (Phi) is 7.22. The monoisotopic (exact) mass is 447 g/mol. The molecule has 4 rings (SSSR count). The van der Waals surface area contributed by atoms with Crippen LogP contribution in [0.25, 0.3) is 16.8 Å². The lowest BCUT2D eigenvalue weighted by atomic mass is 9.83. The zero-order valence-electron chi connectivity index (χ0n) is 18.4. The van der Waals surface area contributed by atoms with Gasteiger partial charge in [-0.15, -0.1) is 0 Å². The van der Waals surface area contributed by atoms with E-state index in [-0.39, 0.29) is 17.5 Å². The molecule has 2 atom stereocenters. The van der Waals surface area contributed by atoms with Gasteiger partial charge in [0.15, 0.2) is 0 Å². The van der Waals surface area contributed by atoms with E-state index >= 15 is 0 Å². The van der Waals surface area contributed by atoms with Gasteiger partial charge in [0, 0.05) is 29.9 Å². The Morgan fingerprint density at radius 3 is 2.58 bits per heavy atom. The van der Waals surface area contributed by atoms with Gasteiger partial charge in [-0.2, -0.15) is 0 Å². The predicted molar refractivity (Wildman–Crippen MR) is 124 cm³/mol. The summed E-state index contributed by atoms with van der Waals surface area (Å²) in [4.78, 5) is 20.8. The number of carbonyl (C=O) groups excluding carboxylic acids is 1. The van der Waals surface area contributed by atoms with E-state index in [1.807, 2.05) is 36.4 Å². The quantitative estimate of drug-likeness (QED) is 0.540. The van der Waals surface area contributed by atoms with E-state index in [9.17, 15) is 9.18 Å². The maximum absolute atomic E-state index is 14.6. The highest BCUT2D eigenvalue weighted by molar-refractivity contribution is 5.90. The Hall–Kier alpha value is -3.42. The average Bonchev–Trinajstić information content (AvgIpc) is 2.85. The van der Waals surface area contributed by atoms with Crippen LogP contribution < -0.4 is 5.73 Å². The van der Waals surface area contributed by atoms with E-state index in [0.29, 0.717) is 30.2 Å². The third-order valence-corrected chi connectivity index (χ3v) is 5.73. The van der Waals surface area contributed by atoms with Crippen molar-refractivity contribution in [2.24, 2.45) is 11.7 Å². The molecule has 1 aliphatic rings. The number of halogens is 1. The molecule has 1 aliphatic carbocycles. The summed E-state index contributed by atoms with van der Waals surface area (Å²) >= 11 is 0. The lowest BCUT2D eigenvalue weighted by Crippen LogP contribution is -2.27. The van der Waals surface area contributed by atoms with Crippen molar-refractivity contribution in [2.75, 3.05) is 13.7 Å². The topological polar surface area (TPSA) is 87.3 Å². The van der Waals surface area contributed by atoms with Crippen molar-refractivity contribution >= 4 is 11.5 Å². The summed E-state index contributed by atoms with van der Waals surface area (Å²) in [5.41, 5.74) is 9.87. The normalized spacial score (nSPS) is 18.0. The second-order valence-electron chi connectivity index (χ2n) is 8.00. The number of carbonyl (C=O) groups is 1. The molecule has 0 saturated heterocycles. The lowest BCUT2D eigenvalue weighted by Gasteiger charge is -2.28. The number of hydrogen-bond acceptors (Lipinski definition) is 6. The molecule has 1 aromatic heterocycles. The Morgan fingerprint density at radius 1 is 1.09 bits per heavy atom. The molecule has 2 unspecified atom stereocenters. The molecule has 2 aromatic carbocycles. The molecule has 0 aliphatic heterocycles. The molecule has 1 heterocycles. The number of nitrogens with two attached hydrogens (primary N) is 1. The van der Waals surface area contributed by atoms with Crippen LogP contribution in [0.3, 0.4) is 0 Å². The van der Waals surface area contributed by atoms with Crippen LogP contribution in [0.5, 0.6) is 0 Å². The Balaban J connectivity index is 1.61. The number of rotatable bonds is 7. The van der Waals surface area contributed by atoms with Crippen molar-refractivity contribution in [1.29, 1.82) is 0 Å². The third kappa shape index (κ3) is 5.32. The minimum atomic E-state index is -0.727. The van der Waals surface area contributed by atoms with Crippen molar-refractivity contribution in [3.8, 4) is 11.3 Å². The molecular formula is C26H26FN3O3. The van der Waals surface area contributed by atoms with Gasteiger partial charge >= 0.3 is 5.97 Å². The average molecular weight is 448 g/mol. The van der Waals surface area contributed by atoms with E-state index in [1.165, 1.54) is 19.2 Å². The van der Waals surface area contributed by atoms with Gasteiger partial charge in [0.05, 0.1) is 37.3 Å². The van der Waals surface area contributed by atoms with Crippen LogP contribution in [0.2, 0.25) is 0 Å². The minimum absolute atomic E-state index is 0.0863. The summed E-state index contributed by atoms with van der Waals surface area (Å²) in [5, 5.41) is 0. The number of ether oxygens (including phenoxy) is 2. The zero-order valence-corrected chi connectivity index (χ0v) is 18.4. The van der Waals surface area contributed by atoms with Crippen LogP contribution in [0, 0.1) is 11.7 Å². The highest BCUT2D eigenvalue weighted by atomic mass is 19.1. The largest absolute Gasteiger partial charge is 0.465 e. The molecule has 6 nitrogen and oxygen atoms in total. The fraction of sp³-hybridized carbons (Fsp3) is 0.269. The zero-order chi connectivity index (χ0) is 23.2. The molecular weight excluding hydrogens is 421 g/mol. The molecule has 0 saturated carbocycles. The standard InChI is InChI=1S/C26H26FN3O3/c1-32-26(31)21-10-8-18(13-23(21)27)24-25(30-12-11-29-24)22-14-20(28)9-7-19(22)16-33-15-17-5-3-2-4-6-17/h2-6,8,10-14,19-20H,7,9,15-16,28H2,1H3. The molecule has 0 fully saturated rings. The van der Waals surface area contributed by atoms with Gasteiger partial charge < -0.3 is 15.2 Å². The minimum Gasteiger partial charge on any atom is -0.465 e. The first-order valence-corrected chi connectivity index (χ1v) is 10.9. The first-order chi connectivity index (χ1) is 16.1. The lowest BCUT2D eigenvalue weighted by molar-refractivity contribution is 0.0595. The Bertz CT molecular complexity index is 1150. The highest BCUT2D eigenvalue weighted by Crippen LogP contribution is 2.36. The first kappa shape index (κ1) is 22.8. The smallest absolute Gasteiger partial charge is 0.340 e. The Morgan fingerprint density at radius 2 is 1.85 bits per heavy atom. The van der Waals surface area contributed by atoms with Crippen molar-refractivity contribution in [1.82, 2.24) is 9.97 Å². The molecule has 33 heavy (non-hydrogen) atoms. The SMILES string of the molecule is COC(=O)c1ccc(-c2nccnc2C2=CC(N)CCC2COCc2ccccc2)cc1F.